The van der Waals surface area contributed by atoms with Crippen molar-refractivity contribution in [2.45, 2.75) is 26.3 Å². The van der Waals surface area contributed by atoms with Gasteiger partial charge in [0.1, 0.15) is 5.75 Å². The van der Waals surface area contributed by atoms with Crippen molar-refractivity contribution in [3.8, 4) is 5.75 Å². The minimum absolute atomic E-state index is 0.277. The summed E-state index contributed by atoms with van der Waals surface area (Å²) in [4.78, 5) is 23.3. The van der Waals surface area contributed by atoms with E-state index in [-0.39, 0.29) is 23.6 Å². The number of carbonyl (C=O) groups excluding carboxylic acids is 2. The van der Waals surface area contributed by atoms with Crippen LogP contribution < -0.4 is 15.8 Å². The molecule has 0 radical (unpaired) electrons. The van der Waals surface area contributed by atoms with Crippen LogP contribution in [0.4, 0.5) is 5.69 Å². The fraction of sp³-hybridized carbons (Fsp3) is 0.429. The Labute approximate surface area is 118 Å². The molecule has 0 aromatic heterocycles. The smallest absolute Gasteiger partial charge is 0.338 e. The second-order valence-corrected chi connectivity index (χ2v) is 5.33. The van der Waals surface area contributed by atoms with Crippen LogP contribution in [-0.2, 0) is 9.53 Å². The molecule has 1 aromatic carbocycles. The molecule has 110 valence electrons. The number of esters is 1. The Bertz CT molecular complexity index is 506. The van der Waals surface area contributed by atoms with Crippen LogP contribution in [0.2, 0.25) is 0 Å². The van der Waals surface area contributed by atoms with E-state index in [1.165, 1.54) is 19.2 Å². The lowest BCUT2D eigenvalue weighted by Gasteiger charge is -2.20. The maximum Gasteiger partial charge on any atom is 0.338 e. The molecule has 1 amide bonds. The van der Waals surface area contributed by atoms with E-state index in [4.69, 9.17) is 15.2 Å². The van der Waals surface area contributed by atoms with E-state index >= 15 is 0 Å². The van der Waals surface area contributed by atoms with Gasteiger partial charge in [0.05, 0.1) is 18.4 Å². The van der Waals surface area contributed by atoms with Crippen molar-refractivity contribution in [1.29, 1.82) is 0 Å². The van der Waals surface area contributed by atoms with E-state index in [9.17, 15) is 9.59 Å². The van der Waals surface area contributed by atoms with Crippen LogP contribution in [0.1, 0.15) is 31.1 Å². The van der Waals surface area contributed by atoms with Crippen molar-refractivity contribution >= 4 is 17.6 Å². The first-order valence-electron chi connectivity index (χ1n) is 6.14. The summed E-state index contributed by atoms with van der Waals surface area (Å²) in [6.07, 6.45) is 0. The maximum absolute atomic E-state index is 11.8. The number of amides is 1. The van der Waals surface area contributed by atoms with Gasteiger partial charge in [-0.05, 0) is 39.0 Å². The predicted octanol–water partition coefficient (Wildman–Crippen LogP) is 1.35. The van der Waals surface area contributed by atoms with E-state index in [1.54, 1.807) is 6.07 Å². The molecule has 0 bridgehead atoms. The zero-order chi connectivity index (χ0) is 15.3. The molecule has 6 heteroatoms. The molecule has 1 rings (SSSR count). The third kappa shape index (κ3) is 4.79. The quantitative estimate of drug-likeness (QED) is 0.641. The van der Waals surface area contributed by atoms with E-state index in [1.807, 2.05) is 20.8 Å². The Morgan fingerprint density at radius 1 is 1.30 bits per heavy atom. The number of carbonyl (C=O) groups is 2. The molecular formula is C14H20N2O4. The minimum atomic E-state index is -0.604. The summed E-state index contributed by atoms with van der Waals surface area (Å²) in [6.45, 7) is 5.20. The number of nitrogens with two attached hydrogens (primary N) is 1. The number of methoxy groups -OCH3 is 1. The van der Waals surface area contributed by atoms with Crippen LogP contribution in [0, 0.1) is 0 Å². The summed E-state index contributed by atoms with van der Waals surface area (Å²) < 4.78 is 9.94. The fourth-order valence-electron chi connectivity index (χ4n) is 1.51. The van der Waals surface area contributed by atoms with Gasteiger partial charge in [-0.1, -0.05) is 0 Å². The van der Waals surface area contributed by atoms with Crippen LogP contribution in [0.25, 0.3) is 0 Å². The first-order chi connectivity index (χ1) is 9.23. The van der Waals surface area contributed by atoms with Crippen molar-refractivity contribution in [3.05, 3.63) is 23.8 Å². The lowest BCUT2D eigenvalue weighted by atomic mass is 10.1. The van der Waals surface area contributed by atoms with Gasteiger partial charge in [-0.15, -0.1) is 0 Å². The van der Waals surface area contributed by atoms with Gasteiger partial charge in [0, 0.05) is 5.54 Å². The van der Waals surface area contributed by atoms with Gasteiger partial charge in [-0.2, -0.15) is 0 Å². The van der Waals surface area contributed by atoms with Crippen molar-refractivity contribution < 1.29 is 19.1 Å². The van der Waals surface area contributed by atoms with Gasteiger partial charge in [-0.3, -0.25) is 4.79 Å². The lowest BCUT2D eigenvalue weighted by molar-refractivity contribution is -0.125. The van der Waals surface area contributed by atoms with Crippen LogP contribution in [0.3, 0.4) is 0 Å². The SMILES string of the molecule is COc1cc(C(=O)OCC(=O)NC(C)(C)C)ccc1N. The Balaban J connectivity index is 2.61. The van der Waals surface area contributed by atoms with Gasteiger partial charge in [0.2, 0.25) is 0 Å². The summed E-state index contributed by atoms with van der Waals surface area (Å²) >= 11 is 0. The van der Waals surface area contributed by atoms with Crippen LogP contribution in [0.15, 0.2) is 18.2 Å². The van der Waals surface area contributed by atoms with E-state index in [0.717, 1.165) is 0 Å². The molecule has 0 aliphatic heterocycles. The molecule has 0 saturated heterocycles. The number of anilines is 1. The normalized spacial score (nSPS) is 10.8. The highest BCUT2D eigenvalue weighted by molar-refractivity contribution is 5.92. The third-order valence-corrected chi connectivity index (χ3v) is 2.32. The van der Waals surface area contributed by atoms with Gasteiger partial charge in [-0.25, -0.2) is 4.79 Å². The minimum Gasteiger partial charge on any atom is -0.495 e. The van der Waals surface area contributed by atoms with Crippen LogP contribution in [-0.4, -0.2) is 31.1 Å². The van der Waals surface area contributed by atoms with Gasteiger partial charge >= 0.3 is 5.97 Å². The van der Waals surface area contributed by atoms with E-state index < -0.39 is 5.97 Å². The molecule has 0 aliphatic rings. The molecule has 20 heavy (non-hydrogen) atoms. The second kappa shape index (κ2) is 6.27. The highest BCUT2D eigenvalue weighted by Crippen LogP contribution is 2.22. The second-order valence-electron chi connectivity index (χ2n) is 5.33. The average molecular weight is 280 g/mol. The third-order valence-electron chi connectivity index (χ3n) is 2.32. The zero-order valence-electron chi connectivity index (χ0n) is 12.1. The van der Waals surface area contributed by atoms with E-state index in [0.29, 0.717) is 11.4 Å². The molecular weight excluding hydrogens is 260 g/mol. The number of ether oxygens (including phenoxy) is 2. The molecule has 0 spiro atoms. The summed E-state index contributed by atoms with van der Waals surface area (Å²) in [5, 5.41) is 2.70. The Kier molecular flexibility index (Phi) is 4.96. The molecule has 3 N–H and O–H groups in total. The Hall–Kier alpha value is -2.24. The van der Waals surface area contributed by atoms with Crippen LogP contribution in [0.5, 0.6) is 5.75 Å². The van der Waals surface area contributed by atoms with Crippen molar-refractivity contribution in [1.82, 2.24) is 5.32 Å². The predicted molar refractivity (Wildman–Crippen MR) is 75.6 cm³/mol. The Morgan fingerprint density at radius 2 is 1.95 bits per heavy atom. The molecule has 0 heterocycles. The van der Waals surface area contributed by atoms with Gasteiger partial charge < -0.3 is 20.5 Å². The highest BCUT2D eigenvalue weighted by atomic mass is 16.5. The van der Waals surface area contributed by atoms with E-state index in [2.05, 4.69) is 5.32 Å². The first-order valence-corrected chi connectivity index (χ1v) is 6.14. The summed E-state index contributed by atoms with van der Waals surface area (Å²) in [7, 11) is 1.46. The van der Waals surface area contributed by atoms with Crippen molar-refractivity contribution in [2.75, 3.05) is 19.5 Å². The number of nitrogens with one attached hydrogen (secondary N) is 1. The fourth-order valence-corrected chi connectivity index (χ4v) is 1.51. The van der Waals surface area contributed by atoms with Crippen molar-refractivity contribution in [2.24, 2.45) is 0 Å². The molecule has 0 fully saturated rings. The number of nitrogen functional groups attached to an aromatic ring is 1. The summed E-state index contributed by atoms with van der Waals surface area (Å²) in [6, 6.07) is 4.53. The Morgan fingerprint density at radius 3 is 2.50 bits per heavy atom. The van der Waals surface area contributed by atoms with Crippen molar-refractivity contribution in [3.63, 3.8) is 0 Å². The lowest BCUT2D eigenvalue weighted by Crippen LogP contribution is -2.42. The highest BCUT2D eigenvalue weighted by Gasteiger charge is 2.16. The topological polar surface area (TPSA) is 90.6 Å². The van der Waals surface area contributed by atoms with Gasteiger partial charge in [0.15, 0.2) is 6.61 Å². The van der Waals surface area contributed by atoms with Gasteiger partial charge in [0.25, 0.3) is 5.91 Å². The molecule has 6 nitrogen and oxygen atoms in total. The largest absolute Gasteiger partial charge is 0.495 e. The number of hydrogen-bond donors (Lipinski definition) is 2. The molecule has 0 atom stereocenters. The number of benzene rings is 1. The molecule has 0 unspecified atom stereocenters. The summed E-state index contributed by atoms with van der Waals surface area (Å²) in [5.41, 5.74) is 5.99. The zero-order valence-corrected chi connectivity index (χ0v) is 12.1. The first kappa shape index (κ1) is 15.8. The molecule has 0 aliphatic carbocycles. The summed E-state index contributed by atoms with van der Waals surface area (Å²) in [5.74, 6) is -0.570. The molecule has 1 aromatic rings. The number of hydrogen-bond acceptors (Lipinski definition) is 5. The average Bonchev–Trinajstić information content (AvgIpc) is 2.34. The maximum atomic E-state index is 11.8. The monoisotopic (exact) mass is 280 g/mol. The standard InChI is InChI=1S/C14H20N2O4/c1-14(2,3)16-12(17)8-20-13(18)9-5-6-10(15)11(7-9)19-4/h5-7H,8,15H2,1-4H3,(H,16,17). The molecule has 0 saturated carbocycles. The number of rotatable bonds is 4. The van der Waals surface area contributed by atoms with Crippen LogP contribution >= 0.6 is 0 Å².